The van der Waals surface area contributed by atoms with E-state index in [1.807, 2.05) is 11.8 Å². The first kappa shape index (κ1) is 13.5. The fraction of sp³-hybridized carbons (Fsp3) is 0.833. The lowest BCUT2D eigenvalue weighted by atomic mass is 9.80. The molecule has 102 valence electrons. The monoisotopic (exact) mass is 272 g/mol. The van der Waals surface area contributed by atoms with Gasteiger partial charge in [-0.3, -0.25) is 4.79 Å². The van der Waals surface area contributed by atoms with Crippen molar-refractivity contribution in [3.05, 3.63) is 0 Å². The number of carboxylic acids is 1. The standard InChI is InChI=1S/C12H20N2O3S/c1-12(10(15)16)3-5-14(6-4-12)11(17)13-9-2-7-18-8-9/h9H,2-8H2,1H3,(H,13,17)(H,15,16). The number of nitrogens with one attached hydrogen (secondary N) is 1. The molecule has 2 fully saturated rings. The molecule has 2 saturated heterocycles. The van der Waals surface area contributed by atoms with Crippen molar-refractivity contribution in [2.75, 3.05) is 24.6 Å². The van der Waals surface area contributed by atoms with Crippen molar-refractivity contribution in [3.63, 3.8) is 0 Å². The maximum absolute atomic E-state index is 12.0. The molecule has 2 aliphatic rings. The Hall–Kier alpha value is -0.910. The summed E-state index contributed by atoms with van der Waals surface area (Å²) in [6, 6.07) is 0.255. The van der Waals surface area contributed by atoms with Gasteiger partial charge >= 0.3 is 12.0 Å². The Kier molecular flexibility index (Phi) is 4.04. The maximum Gasteiger partial charge on any atom is 0.317 e. The van der Waals surface area contributed by atoms with Crippen molar-refractivity contribution in [2.24, 2.45) is 5.41 Å². The van der Waals surface area contributed by atoms with Crippen LogP contribution in [0.3, 0.4) is 0 Å². The van der Waals surface area contributed by atoms with Crippen LogP contribution in [0.1, 0.15) is 26.2 Å². The predicted octanol–water partition coefficient (Wildman–Crippen LogP) is 1.39. The van der Waals surface area contributed by atoms with Gasteiger partial charge in [0.2, 0.25) is 0 Å². The van der Waals surface area contributed by atoms with Crippen molar-refractivity contribution < 1.29 is 14.7 Å². The number of thioether (sulfide) groups is 1. The van der Waals surface area contributed by atoms with E-state index in [1.165, 1.54) is 0 Å². The second-order valence-corrected chi connectivity index (χ2v) is 6.51. The molecular weight excluding hydrogens is 252 g/mol. The molecule has 0 aliphatic carbocycles. The van der Waals surface area contributed by atoms with Gasteiger partial charge in [0.25, 0.3) is 0 Å². The smallest absolute Gasteiger partial charge is 0.317 e. The number of likely N-dealkylation sites (tertiary alicyclic amines) is 1. The highest BCUT2D eigenvalue weighted by Gasteiger charge is 2.38. The minimum absolute atomic E-state index is 0.0325. The van der Waals surface area contributed by atoms with E-state index in [1.54, 1.807) is 11.8 Å². The summed E-state index contributed by atoms with van der Waals surface area (Å²) in [6.07, 6.45) is 2.11. The van der Waals surface area contributed by atoms with Gasteiger partial charge in [-0.05, 0) is 31.9 Å². The summed E-state index contributed by atoms with van der Waals surface area (Å²) in [7, 11) is 0. The normalized spacial score (nSPS) is 26.9. The first-order chi connectivity index (χ1) is 8.51. The van der Waals surface area contributed by atoms with E-state index in [0.717, 1.165) is 17.9 Å². The molecule has 2 heterocycles. The third kappa shape index (κ3) is 2.91. The van der Waals surface area contributed by atoms with Gasteiger partial charge in [-0.15, -0.1) is 0 Å². The third-order valence-electron chi connectivity index (χ3n) is 3.93. The number of carbonyl (C=O) groups is 2. The van der Waals surface area contributed by atoms with E-state index in [9.17, 15) is 9.59 Å². The van der Waals surface area contributed by atoms with Crippen molar-refractivity contribution in [2.45, 2.75) is 32.2 Å². The molecule has 0 aromatic carbocycles. The van der Waals surface area contributed by atoms with Gasteiger partial charge in [0.15, 0.2) is 0 Å². The number of rotatable bonds is 2. The summed E-state index contributed by atoms with van der Waals surface area (Å²) in [5.41, 5.74) is -0.667. The van der Waals surface area contributed by atoms with Crippen LogP contribution in [0.15, 0.2) is 0 Å². The lowest BCUT2D eigenvalue weighted by molar-refractivity contribution is -0.150. The number of amides is 2. The number of carbonyl (C=O) groups excluding carboxylic acids is 1. The molecule has 2 amide bonds. The number of nitrogens with zero attached hydrogens (tertiary/aromatic N) is 1. The minimum Gasteiger partial charge on any atom is -0.481 e. The van der Waals surface area contributed by atoms with Crippen LogP contribution in [0.5, 0.6) is 0 Å². The number of aliphatic carboxylic acids is 1. The van der Waals surface area contributed by atoms with E-state index in [0.29, 0.717) is 25.9 Å². The van der Waals surface area contributed by atoms with Gasteiger partial charge in [0, 0.05) is 24.9 Å². The van der Waals surface area contributed by atoms with Crippen LogP contribution < -0.4 is 5.32 Å². The van der Waals surface area contributed by atoms with E-state index < -0.39 is 11.4 Å². The van der Waals surface area contributed by atoms with Crippen LogP contribution in [-0.2, 0) is 4.79 Å². The Morgan fingerprint density at radius 2 is 2.06 bits per heavy atom. The minimum atomic E-state index is -0.755. The van der Waals surface area contributed by atoms with Gasteiger partial charge in [-0.2, -0.15) is 11.8 Å². The fourth-order valence-corrected chi connectivity index (χ4v) is 3.48. The van der Waals surface area contributed by atoms with E-state index in [-0.39, 0.29) is 12.1 Å². The van der Waals surface area contributed by atoms with Crippen molar-refractivity contribution >= 4 is 23.8 Å². The summed E-state index contributed by atoms with van der Waals surface area (Å²) in [4.78, 5) is 24.8. The average molecular weight is 272 g/mol. The van der Waals surface area contributed by atoms with Gasteiger partial charge < -0.3 is 15.3 Å². The summed E-state index contributed by atoms with van der Waals surface area (Å²) < 4.78 is 0. The largest absolute Gasteiger partial charge is 0.481 e. The average Bonchev–Trinajstić information content (AvgIpc) is 2.82. The predicted molar refractivity (Wildman–Crippen MR) is 70.8 cm³/mol. The first-order valence-corrected chi connectivity index (χ1v) is 7.53. The quantitative estimate of drug-likeness (QED) is 0.797. The van der Waals surface area contributed by atoms with Crippen LogP contribution in [0.2, 0.25) is 0 Å². The van der Waals surface area contributed by atoms with Crippen LogP contribution in [0, 0.1) is 5.41 Å². The highest BCUT2D eigenvalue weighted by Crippen LogP contribution is 2.31. The number of piperidine rings is 1. The van der Waals surface area contributed by atoms with Crippen molar-refractivity contribution in [3.8, 4) is 0 Å². The molecular formula is C12H20N2O3S. The Labute approximate surface area is 111 Å². The van der Waals surface area contributed by atoms with Crippen LogP contribution in [-0.4, -0.2) is 52.6 Å². The topological polar surface area (TPSA) is 69.6 Å². The summed E-state index contributed by atoms with van der Waals surface area (Å²) in [6.45, 7) is 2.83. The van der Waals surface area contributed by atoms with E-state index >= 15 is 0 Å². The SMILES string of the molecule is CC1(C(=O)O)CCN(C(=O)NC2CCSC2)CC1. The molecule has 18 heavy (non-hydrogen) atoms. The van der Waals surface area contributed by atoms with Gasteiger partial charge in [-0.1, -0.05) is 0 Å². The van der Waals surface area contributed by atoms with Crippen molar-refractivity contribution in [1.82, 2.24) is 10.2 Å². The van der Waals surface area contributed by atoms with Crippen LogP contribution in [0.4, 0.5) is 4.79 Å². The number of urea groups is 1. The summed E-state index contributed by atoms with van der Waals surface area (Å²) >= 11 is 1.86. The summed E-state index contributed by atoms with van der Waals surface area (Å²) in [5, 5.41) is 12.2. The zero-order chi connectivity index (χ0) is 13.2. The van der Waals surface area contributed by atoms with Gasteiger partial charge in [-0.25, -0.2) is 4.79 Å². The molecule has 1 atom stereocenters. The molecule has 0 aromatic heterocycles. The summed E-state index contributed by atoms with van der Waals surface area (Å²) in [5.74, 6) is 1.35. The second kappa shape index (κ2) is 5.38. The molecule has 2 rings (SSSR count). The van der Waals surface area contributed by atoms with Gasteiger partial charge in [0.1, 0.15) is 0 Å². The fourth-order valence-electron chi connectivity index (χ4n) is 2.33. The highest BCUT2D eigenvalue weighted by atomic mass is 32.2. The Morgan fingerprint density at radius 1 is 1.39 bits per heavy atom. The molecule has 0 radical (unpaired) electrons. The van der Waals surface area contributed by atoms with E-state index in [4.69, 9.17) is 5.11 Å². The number of carboxylic acid groups (broad SMARTS) is 1. The maximum atomic E-state index is 12.0. The lowest BCUT2D eigenvalue weighted by Crippen LogP contribution is -2.50. The molecule has 0 spiro atoms. The third-order valence-corrected chi connectivity index (χ3v) is 5.09. The van der Waals surface area contributed by atoms with E-state index in [2.05, 4.69) is 5.32 Å². The number of hydrogen-bond donors (Lipinski definition) is 2. The lowest BCUT2D eigenvalue weighted by Gasteiger charge is -2.36. The Balaban J connectivity index is 1.81. The molecule has 0 bridgehead atoms. The molecule has 6 heteroatoms. The zero-order valence-electron chi connectivity index (χ0n) is 10.6. The Morgan fingerprint density at radius 3 is 2.56 bits per heavy atom. The number of hydrogen-bond acceptors (Lipinski definition) is 3. The molecule has 5 nitrogen and oxygen atoms in total. The second-order valence-electron chi connectivity index (χ2n) is 5.36. The van der Waals surface area contributed by atoms with Crippen LogP contribution in [0.25, 0.3) is 0 Å². The zero-order valence-corrected chi connectivity index (χ0v) is 11.5. The molecule has 0 saturated carbocycles. The molecule has 2 N–H and O–H groups in total. The molecule has 2 aliphatic heterocycles. The molecule has 0 aromatic rings. The highest BCUT2D eigenvalue weighted by molar-refractivity contribution is 7.99. The molecule has 1 unspecified atom stereocenters. The van der Waals surface area contributed by atoms with Crippen molar-refractivity contribution in [1.29, 1.82) is 0 Å². The van der Waals surface area contributed by atoms with Gasteiger partial charge in [0.05, 0.1) is 5.41 Å². The Bertz CT molecular complexity index is 334. The first-order valence-electron chi connectivity index (χ1n) is 6.38. The van der Waals surface area contributed by atoms with Crippen LogP contribution >= 0.6 is 11.8 Å².